The maximum absolute atomic E-state index is 12.6. The molecule has 39 heavy (non-hydrogen) atoms. The number of benzene rings is 2. The number of fused-ring (bicyclic) bond motifs is 1. The zero-order chi connectivity index (χ0) is 28.0. The lowest BCUT2D eigenvalue weighted by Crippen LogP contribution is -2.52. The Bertz CT molecular complexity index is 1510. The second kappa shape index (κ2) is 9.79. The number of hydrogen-bond acceptors (Lipinski definition) is 7. The van der Waals surface area contributed by atoms with Gasteiger partial charge in [0.25, 0.3) is 0 Å². The molecule has 0 spiro atoms. The fourth-order valence-corrected chi connectivity index (χ4v) is 5.74. The predicted molar refractivity (Wildman–Crippen MR) is 150 cm³/mol. The first-order chi connectivity index (χ1) is 18.4. The highest BCUT2D eigenvalue weighted by molar-refractivity contribution is 7.90. The Hall–Kier alpha value is -3.72. The molecule has 0 bridgehead atoms. The molecule has 2 heterocycles. The number of hydrogen-bond donors (Lipinski definition) is 1. The highest BCUT2D eigenvalue weighted by atomic mass is 32.2. The molecular formula is C30H34N2O6S. The number of alkyl carbamates (subject to hydrolysis) is 1. The van der Waals surface area contributed by atoms with E-state index < -0.39 is 27.1 Å². The Kier molecular flexibility index (Phi) is 6.74. The van der Waals surface area contributed by atoms with Crippen LogP contribution in [0.15, 0.2) is 70.2 Å². The lowest BCUT2D eigenvalue weighted by molar-refractivity contribution is 0.0377. The molecule has 2 aliphatic rings. The number of anilines is 1. The van der Waals surface area contributed by atoms with Crippen molar-refractivity contribution in [2.24, 2.45) is 0 Å². The first-order valence-corrected chi connectivity index (χ1v) is 14.9. The summed E-state index contributed by atoms with van der Waals surface area (Å²) in [6.45, 7) is 5.87. The largest absolute Gasteiger partial charge is 0.494 e. The van der Waals surface area contributed by atoms with Gasteiger partial charge < -0.3 is 24.1 Å². The van der Waals surface area contributed by atoms with Crippen LogP contribution in [-0.4, -0.2) is 33.5 Å². The number of nitrogens with one attached hydrogen (secondary N) is 1. The topological polar surface area (TPSA) is 98.1 Å². The number of ether oxygens (including phenoxy) is 2. The summed E-state index contributed by atoms with van der Waals surface area (Å²) in [6, 6.07) is 19.4. The number of rotatable bonds is 6. The fourth-order valence-electron chi connectivity index (χ4n) is 5.15. The van der Waals surface area contributed by atoms with Crippen LogP contribution in [0.25, 0.3) is 11.5 Å². The summed E-state index contributed by atoms with van der Waals surface area (Å²) < 4.78 is 41.7. The minimum Gasteiger partial charge on any atom is -0.494 e. The third kappa shape index (κ3) is 5.28. The quantitative estimate of drug-likeness (QED) is 0.397. The molecular weight excluding hydrogens is 516 g/mol. The maximum Gasteiger partial charge on any atom is 0.408 e. The summed E-state index contributed by atoms with van der Waals surface area (Å²) in [5.74, 6) is 1.05. The summed E-state index contributed by atoms with van der Waals surface area (Å²) in [6.07, 6.45) is 3.40. The van der Waals surface area contributed by atoms with Crippen LogP contribution in [0.4, 0.5) is 10.5 Å². The number of sulfone groups is 1. The molecule has 0 unspecified atom stereocenters. The highest BCUT2D eigenvalue weighted by Crippen LogP contribution is 2.45. The van der Waals surface area contributed by atoms with Gasteiger partial charge >= 0.3 is 6.09 Å². The van der Waals surface area contributed by atoms with Gasteiger partial charge in [0.05, 0.1) is 30.5 Å². The number of nitrogens with zero attached hydrogens (tertiary/aromatic N) is 1. The van der Waals surface area contributed by atoms with Gasteiger partial charge in [0, 0.05) is 23.6 Å². The number of methoxy groups -OCH3 is 1. The average Bonchev–Trinajstić information content (AvgIpc) is 3.29. The van der Waals surface area contributed by atoms with Crippen LogP contribution in [0, 0.1) is 0 Å². The van der Waals surface area contributed by atoms with E-state index in [9.17, 15) is 13.2 Å². The van der Waals surface area contributed by atoms with Crippen molar-refractivity contribution >= 4 is 33.1 Å². The molecule has 1 N–H and O–H groups in total. The number of amides is 1. The Balaban J connectivity index is 1.53. The molecule has 9 heteroatoms. The minimum absolute atomic E-state index is 0.0909. The van der Waals surface area contributed by atoms with Gasteiger partial charge in [0.15, 0.2) is 5.76 Å². The van der Waals surface area contributed by atoms with Crippen molar-refractivity contribution in [3.63, 3.8) is 0 Å². The summed E-state index contributed by atoms with van der Waals surface area (Å²) in [5.41, 5.74) is 3.21. The fraction of sp³-hybridized carbons (Fsp3) is 0.367. The summed E-state index contributed by atoms with van der Waals surface area (Å²) in [4.78, 5) is 14.7. The predicted octanol–water partition coefficient (Wildman–Crippen LogP) is 6.08. The smallest absolute Gasteiger partial charge is 0.408 e. The third-order valence-electron chi connectivity index (χ3n) is 7.11. The molecule has 5 rings (SSSR count). The molecule has 1 aromatic heterocycles. The van der Waals surface area contributed by atoms with Gasteiger partial charge in [0.2, 0.25) is 14.9 Å². The van der Waals surface area contributed by atoms with E-state index in [1.54, 1.807) is 7.11 Å². The van der Waals surface area contributed by atoms with Crippen LogP contribution in [0.1, 0.15) is 62.5 Å². The lowest BCUT2D eigenvalue weighted by atomic mass is 9.72. The van der Waals surface area contributed by atoms with Gasteiger partial charge in [-0.3, -0.25) is 0 Å². The van der Waals surface area contributed by atoms with Crippen LogP contribution in [0.3, 0.4) is 0 Å². The van der Waals surface area contributed by atoms with Crippen molar-refractivity contribution in [1.82, 2.24) is 5.32 Å². The monoisotopic (exact) mass is 550 g/mol. The zero-order valence-electron chi connectivity index (χ0n) is 22.9. The van der Waals surface area contributed by atoms with E-state index >= 15 is 0 Å². The van der Waals surface area contributed by atoms with Gasteiger partial charge in [0.1, 0.15) is 11.4 Å². The third-order valence-corrected chi connectivity index (χ3v) is 8.05. The summed E-state index contributed by atoms with van der Waals surface area (Å²) in [5, 5.41) is 3.02. The van der Waals surface area contributed by atoms with Gasteiger partial charge in [-0.25, -0.2) is 13.2 Å². The Morgan fingerprint density at radius 1 is 1.05 bits per heavy atom. The van der Waals surface area contributed by atoms with Crippen molar-refractivity contribution in [2.75, 3.05) is 18.3 Å². The molecule has 1 fully saturated rings. The number of carbonyl (C=O) groups is 1. The molecule has 206 valence electrons. The Morgan fingerprint density at radius 2 is 1.72 bits per heavy atom. The van der Waals surface area contributed by atoms with Crippen LogP contribution in [0.5, 0.6) is 0 Å². The molecule has 0 radical (unpaired) electrons. The first kappa shape index (κ1) is 26.9. The summed E-state index contributed by atoms with van der Waals surface area (Å²) in [7, 11) is -1.97. The molecule has 1 amide bonds. The lowest BCUT2D eigenvalue weighted by Gasteiger charge is -2.43. The van der Waals surface area contributed by atoms with E-state index in [0.29, 0.717) is 23.6 Å². The van der Waals surface area contributed by atoms with Gasteiger partial charge in [-0.05, 0) is 57.7 Å². The number of furan rings is 1. The van der Waals surface area contributed by atoms with E-state index in [0.717, 1.165) is 48.0 Å². The van der Waals surface area contributed by atoms with E-state index in [1.165, 1.54) is 6.07 Å². The van der Waals surface area contributed by atoms with E-state index in [1.807, 2.05) is 75.4 Å². The average molecular weight is 551 g/mol. The number of carbonyl (C=O) groups excluding carboxylic acids is 1. The normalized spacial score (nSPS) is 16.8. The Morgan fingerprint density at radius 3 is 2.26 bits per heavy atom. The second-order valence-electron chi connectivity index (χ2n) is 11.1. The van der Waals surface area contributed by atoms with Gasteiger partial charge in [-0.2, -0.15) is 0 Å². The molecule has 0 saturated heterocycles. The van der Waals surface area contributed by atoms with Crippen molar-refractivity contribution in [2.45, 2.75) is 62.8 Å². The van der Waals surface area contributed by atoms with Crippen LogP contribution in [0.2, 0.25) is 0 Å². The SMILES string of the molecule is COC1=C(c2ccccc2)N(c2ccc(C3(NC(=O)OC(C)(C)C)CCC3)cc2)Cc2oc(S(C)(=O)=O)cc21. The zero-order valence-corrected chi connectivity index (χ0v) is 23.7. The van der Waals surface area contributed by atoms with Crippen LogP contribution < -0.4 is 10.2 Å². The molecule has 1 aliphatic carbocycles. The second-order valence-corrected chi connectivity index (χ2v) is 13.1. The van der Waals surface area contributed by atoms with Crippen LogP contribution >= 0.6 is 0 Å². The van der Waals surface area contributed by atoms with Crippen molar-refractivity contribution in [1.29, 1.82) is 0 Å². The first-order valence-electron chi connectivity index (χ1n) is 13.0. The molecule has 8 nitrogen and oxygen atoms in total. The molecule has 1 aliphatic heterocycles. The summed E-state index contributed by atoms with van der Waals surface area (Å²) >= 11 is 0. The van der Waals surface area contributed by atoms with E-state index in [4.69, 9.17) is 13.9 Å². The molecule has 0 atom stereocenters. The van der Waals surface area contributed by atoms with Crippen molar-refractivity contribution in [3.05, 3.63) is 83.1 Å². The van der Waals surface area contributed by atoms with E-state index in [-0.39, 0.29) is 5.09 Å². The molecule has 2 aromatic carbocycles. The maximum atomic E-state index is 12.6. The minimum atomic E-state index is -3.54. The molecule has 1 saturated carbocycles. The van der Waals surface area contributed by atoms with Crippen molar-refractivity contribution < 1.29 is 27.1 Å². The van der Waals surface area contributed by atoms with Gasteiger partial charge in [-0.15, -0.1) is 0 Å². The highest BCUT2D eigenvalue weighted by Gasteiger charge is 2.41. The Labute approximate surface area is 229 Å². The van der Waals surface area contributed by atoms with Gasteiger partial charge in [-0.1, -0.05) is 42.5 Å². The van der Waals surface area contributed by atoms with Crippen molar-refractivity contribution in [3.8, 4) is 0 Å². The van der Waals surface area contributed by atoms with E-state index in [2.05, 4.69) is 10.2 Å². The van der Waals surface area contributed by atoms with Crippen LogP contribution in [-0.2, 0) is 31.4 Å². The molecule has 3 aromatic rings. The standard InChI is InChI=1S/C30H34N2O6S/c1-29(2,3)38-28(33)31-30(16-9-17-30)21-12-14-22(15-13-21)32-19-24-23(18-25(37-24)39(5,34)35)27(36-4)26(32)20-10-7-6-8-11-20/h6-8,10-15,18H,9,16-17,19H2,1-5H3,(H,31,33).